The third kappa shape index (κ3) is 4.34. The number of nitrogens with zero attached hydrogens (tertiary/aromatic N) is 2. The van der Waals surface area contributed by atoms with Gasteiger partial charge in [-0.15, -0.1) is 0 Å². The smallest absolute Gasteiger partial charge is 0.226 e. The van der Waals surface area contributed by atoms with Gasteiger partial charge in [0.1, 0.15) is 0 Å². The minimum absolute atomic E-state index is 0.109. The Balaban J connectivity index is 2.09. The molecule has 0 bridgehead atoms. The number of ether oxygens (including phenoxy) is 1. The molecule has 20 heavy (non-hydrogen) atoms. The second-order valence-electron chi connectivity index (χ2n) is 5.89. The average Bonchev–Trinajstić information content (AvgIpc) is 2.53. The third-order valence-electron chi connectivity index (χ3n) is 3.57. The molecule has 0 spiro atoms. The molecule has 1 heterocycles. The minimum Gasteiger partial charge on any atom is -0.475 e. The van der Waals surface area contributed by atoms with Crippen molar-refractivity contribution in [3.63, 3.8) is 0 Å². The lowest BCUT2D eigenvalue weighted by atomic mass is 10.0. The van der Waals surface area contributed by atoms with Crippen molar-refractivity contribution in [3.8, 4) is 5.88 Å². The number of nitrogens with two attached hydrogens (primary N) is 1. The van der Waals surface area contributed by atoms with Crippen LogP contribution in [0.5, 0.6) is 5.88 Å². The molecule has 1 aromatic rings. The Kier molecular flexibility index (Phi) is 5.17. The van der Waals surface area contributed by atoms with Gasteiger partial charge in [0.05, 0.1) is 6.10 Å². The summed E-state index contributed by atoms with van der Waals surface area (Å²) in [5, 5.41) is 3.40. The molecule has 0 aliphatic heterocycles. The Hall–Kier alpha value is -1.36. The number of hydrogen-bond donors (Lipinski definition) is 2. The first-order valence-electron chi connectivity index (χ1n) is 7.59. The van der Waals surface area contributed by atoms with Gasteiger partial charge in [0.15, 0.2) is 0 Å². The van der Waals surface area contributed by atoms with E-state index in [1.54, 1.807) is 0 Å². The van der Waals surface area contributed by atoms with Gasteiger partial charge < -0.3 is 15.8 Å². The predicted octanol–water partition coefficient (Wildman–Crippen LogP) is 2.64. The summed E-state index contributed by atoms with van der Waals surface area (Å²) < 4.78 is 5.65. The molecule has 2 rings (SSSR count). The monoisotopic (exact) mass is 278 g/mol. The van der Waals surface area contributed by atoms with E-state index in [0.29, 0.717) is 11.8 Å². The summed E-state index contributed by atoms with van der Waals surface area (Å²) in [5.41, 5.74) is 7.14. The maximum atomic E-state index is 6.23. The molecule has 112 valence electrons. The van der Waals surface area contributed by atoms with Crippen LogP contribution < -0.4 is 15.8 Å². The molecule has 1 fully saturated rings. The van der Waals surface area contributed by atoms with Crippen molar-refractivity contribution < 1.29 is 4.74 Å². The van der Waals surface area contributed by atoms with E-state index in [1.165, 1.54) is 19.3 Å². The van der Waals surface area contributed by atoms with Gasteiger partial charge in [-0.05, 0) is 33.6 Å². The highest BCUT2D eigenvalue weighted by Gasteiger charge is 2.21. The van der Waals surface area contributed by atoms with Crippen LogP contribution in [0.1, 0.15) is 51.6 Å². The first-order valence-corrected chi connectivity index (χ1v) is 7.59. The van der Waals surface area contributed by atoms with Crippen molar-refractivity contribution in [1.29, 1.82) is 0 Å². The molecule has 0 amide bonds. The van der Waals surface area contributed by atoms with Crippen molar-refractivity contribution in [2.24, 2.45) is 5.73 Å². The molecule has 5 heteroatoms. The van der Waals surface area contributed by atoms with Crippen LogP contribution in [0.15, 0.2) is 6.07 Å². The molecular weight excluding hydrogens is 252 g/mol. The normalized spacial score (nSPS) is 23.4. The SMILES string of the molecule is Cc1cc(OC(C)C)nc(NC2CCCCCC2N)n1. The second kappa shape index (κ2) is 6.88. The van der Waals surface area contributed by atoms with Gasteiger partial charge in [0, 0.05) is 23.8 Å². The molecule has 5 nitrogen and oxygen atoms in total. The lowest BCUT2D eigenvalue weighted by Crippen LogP contribution is -2.39. The molecule has 0 saturated heterocycles. The quantitative estimate of drug-likeness (QED) is 0.828. The molecule has 2 atom stereocenters. The molecule has 1 aliphatic carbocycles. The highest BCUT2D eigenvalue weighted by atomic mass is 16.5. The summed E-state index contributed by atoms with van der Waals surface area (Å²) in [5.74, 6) is 1.25. The van der Waals surface area contributed by atoms with Gasteiger partial charge in [-0.2, -0.15) is 4.98 Å². The summed E-state index contributed by atoms with van der Waals surface area (Å²) >= 11 is 0. The molecule has 0 radical (unpaired) electrons. The Morgan fingerprint density at radius 1 is 1.25 bits per heavy atom. The van der Waals surface area contributed by atoms with E-state index in [9.17, 15) is 0 Å². The number of anilines is 1. The lowest BCUT2D eigenvalue weighted by Gasteiger charge is -2.23. The highest BCUT2D eigenvalue weighted by molar-refractivity contribution is 5.32. The van der Waals surface area contributed by atoms with E-state index in [2.05, 4.69) is 15.3 Å². The van der Waals surface area contributed by atoms with E-state index >= 15 is 0 Å². The van der Waals surface area contributed by atoms with Crippen LogP contribution in [-0.4, -0.2) is 28.2 Å². The minimum atomic E-state index is 0.109. The lowest BCUT2D eigenvalue weighted by molar-refractivity contribution is 0.232. The van der Waals surface area contributed by atoms with Gasteiger partial charge in [-0.1, -0.05) is 19.3 Å². The zero-order valence-electron chi connectivity index (χ0n) is 12.7. The number of aromatic nitrogens is 2. The molecule has 0 aromatic carbocycles. The van der Waals surface area contributed by atoms with E-state index < -0.39 is 0 Å². The van der Waals surface area contributed by atoms with Crippen molar-refractivity contribution >= 4 is 5.95 Å². The fourth-order valence-electron chi connectivity index (χ4n) is 2.59. The van der Waals surface area contributed by atoms with Crippen molar-refractivity contribution in [2.45, 2.75) is 71.1 Å². The summed E-state index contributed by atoms with van der Waals surface area (Å²) in [6.45, 7) is 5.94. The fraction of sp³-hybridized carbons (Fsp3) is 0.733. The molecular formula is C15H26N4O. The Bertz CT molecular complexity index is 436. The number of rotatable bonds is 4. The van der Waals surface area contributed by atoms with Crippen molar-refractivity contribution in [1.82, 2.24) is 9.97 Å². The maximum Gasteiger partial charge on any atom is 0.226 e. The van der Waals surface area contributed by atoms with E-state index in [4.69, 9.17) is 10.5 Å². The molecule has 1 aromatic heterocycles. The van der Waals surface area contributed by atoms with Gasteiger partial charge in [-0.3, -0.25) is 0 Å². The molecule has 3 N–H and O–H groups in total. The Morgan fingerprint density at radius 3 is 2.75 bits per heavy atom. The predicted molar refractivity (Wildman–Crippen MR) is 81.0 cm³/mol. The van der Waals surface area contributed by atoms with Crippen LogP contribution in [-0.2, 0) is 0 Å². The number of hydrogen-bond acceptors (Lipinski definition) is 5. The van der Waals surface area contributed by atoms with E-state index in [0.717, 1.165) is 18.5 Å². The van der Waals surface area contributed by atoms with Crippen LogP contribution in [0.3, 0.4) is 0 Å². The van der Waals surface area contributed by atoms with Gasteiger partial charge in [0.2, 0.25) is 11.8 Å². The van der Waals surface area contributed by atoms with Gasteiger partial charge >= 0.3 is 0 Å². The number of nitrogens with one attached hydrogen (secondary N) is 1. The first kappa shape index (κ1) is 15.0. The second-order valence-corrected chi connectivity index (χ2v) is 5.89. The largest absolute Gasteiger partial charge is 0.475 e. The molecule has 1 aliphatic rings. The fourth-order valence-corrected chi connectivity index (χ4v) is 2.59. The van der Waals surface area contributed by atoms with Crippen LogP contribution >= 0.6 is 0 Å². The standard InChI is InChI=1S/C15H26N4O/c1-10(2)20-14-9-11(3)17-15(19-14)18-13-8-6-4-5-7-12(13)16/h9-10,12-13H,4-8,16H2,1-3H3,(H,17,18,19). The first-order chi connectivity index (χ1) is 9.54. The topological polar surface area (TPSA) is 73.1 Å². The Morgan fingerprint density at radius 2 is 2.00 bits per heavy atom. The maximum absolute atomic E-state index is 6.23. The summed E-state index contributed by atoms with van der Waals surface area (Å²) in [6.07, 6.45) is 5.96. The van der Waals surface area contributed by atoms with Crippen molar-refractivity contribution in [3.05, 3.63) is 11.8 Å². The van der Waals surface area contributed by atoms with Crippen LogP contribution in [0.2, 0.25) is 0 Å². The summed E-state index contributed by atoms with van der Waals surface area (Å²) in [4.78, 5) is 8.88. The summed E-state index contributed by atoms with van der Waals surface area (Å²) in [7, 11) is 0. The summed E-state index contributed by atoms with van der Waals surface area (Å²) in [6, 6.07) is 2.29. The average molecular weight is 278 g/mol. The van der Waals surface area contributed by atoms with E-state index in [1.807, 2.05) is 26.8 Å². The molecule has 1 saturated carbocycles. The van der Waals surface area contributed by atoms with Crippen LogP contribution in [0, 0.1) is 6.92 Å². The zero-order chi connectivity index (χ0) is 14.5. The molecule has 2 unspecified atom stereocenters. The van der Waals surface area contributed by atoms with Crippen LogP contribution in [0.4, 0.5) is 5.95 Å². The highest BCUT2D eigenvalue weighted by Crippen LogP contribution is 2.21. The number of aryl methyl sites for hydroxylation is 1. The van der Waals surface area contributed by atoms with Gasteiger partial charge in [0.25, 0.3) is 0 Å². The third-order valence-corrected chi connectivity index (χ3v) is 3.57. The van der Waals surface area contributed by atoms with Crippen molar-refractivity contribution in [2.75, 3.05) is 5.32 Å². The van der Waals surface area contributed by atoms with Gasteiger partial charge in [-0.25, -0.2) is 4.98 Å². The zero-order valence-corrected chi connectivity index (χ0v) is 12.7. The Labute approximate surface area is 121 Å². The van der Waals surface area contributed by atoms with E-state index in [-0.39, 0.29) is 18.2 Å². The van der Waals surface area contributed by atoms with Crippen LogP contribution in [0.25, 0.3) is 0 Å².